The van der Waals surface area contributed by atoms with Crippen LogP contribution in [0, 0.1) is 14.3 Å². The average Bonchev–Trinajstić information content (AvgIpc) is 3.33. The van der Waals surface area contributed by atoms with E-state index in [1.54, 1.807) is 48.5 Å². The SMILES string of the molecule is N[C@@H](Cc1cc(I)c(Oc2cc(I)c(O)c(I)c2)c(I)c1)C(=O)Oc1ccc2c(c1)Oc1cc(O)ccc1C21OC(=O)c2ccccc21. The van der Waals surface area contributed by atoms with Gasteiger partial charge in [-0.1, -0.05) is 18.2 Å². The Kier molecular flexibility index (Phi) is 9.18. The molecule has 0 fully saturated rings. The number of aromatic hydroxyl groups is 2. The fourth-order valence-electron chi connectivity index (χ4n) is 5.78. The van der Waals surface area contributed by atoms with Gasteiger partial charge >= 0.3 is 11.9 Å². The van der Waals surface area contributed by atoms with Crippen molar-refractivity contribution in [1.29, 1.82) is 0 Å². The van der Waals surface area contributed by atoms with Crippen molar-refractivity contribution in [3.63, 3.8) is 0 Å². The molecule has 2 heterocycles. The van der Waals surface area contributed by atoms with Crippen LogP contribution in [0.5, 0.6) is 40.2 Å². The number of fused-ring (bicyclic) bond motifs is 6. The third kappa shape index (κ3) is 5.98. The minimum absolute atomic E-state index is 0.0210. The zero-order valence-electron chi connectivity index (χ0n) is 24.3. The summed E-state index contributed by atoms with van der Waals surface area (Å²) in [6, 6.07) is 23.0. The predicted molar refractivity (Wildman–Crippen MR) is 209 cm³/mol. The van der Waals surface area contributed by atoms with Gasteiger partial charge in [0.1, 0.15) is 40.5 Å². The lowest BCUT2D eigenvalue weighted by molar-refractivity contribution is -0.135. The van der Waals surface area contributed by atoms with E-state index in [0.29, 0.717) is 52.4 Å². The molecule has 5 aromatic carbocycles. The highest BCUT2D eigenvalue weighted by Gasteiger charge is 2.53. The number of halogens is 4. The van der Waals surface area contributed by atoms with Crippen LogP contribution in [-0.2, 0) is 21.6 Å². The van der Waals surface area contributed by atoms with Gasteiger partial charge < -0.3 is 34.9 Å². The maximum Gasteiger partial charge on any atom is 0.340 e. The molecule has 0 saturated heterocycles. The van der Waals surface area contributed by atoms with E-state index in [4.69, 9.17) is 24.7 Å². The largest absolute Gasteiger partial charge is 0.508 e. The first kappa shape index (κ1) is 33.6. The second kappa shape index (κ2) is 13.1. The number of phenolic OH excluding ortho intramolecular Hbond substituents is 2. The summed E-state index contributed by atoms with van der Waals surface area (Å²) in [5, 5.41) is 20.3. The highest BCUT2D eigenvalue weighted by atomic mass is 127. The van der Waals surface area contributed by atoms with Gasteiger partial charge in [-0.2, -0.15) is 0 Å². The third-order valence-electron chi connectivity index (χ3n) is 7.91. The number of hydrogen-bond donors (Lipinski definition) is 3. The molecule has 48 heavy (non-hydrogen) atoms. The van der Waals surface area contributed by atoms with Crippen molar-refractivity contribution in [1.82, 2.24) is 0 Å². The summed E-state index contributed by atoms with van der Waals surface area (Å²) < 4.78 is 27.2. The average molecular weight is 1090 g/mol. The Morgan fingerprint density at radius 2 is 1.44 bits per heavy atom. The number of esters is 2. The fourth-order valence-corrected chi connectivity index (χ4v) is 9.61. The lowest BCUT2D eigenvalue weighted by atomic mass is 9.77. The van der Waals surface area contributed by atoms with E-state index in [2.05, 4.69) is 90.4 Å². The summed E-state index contributed by atoms with van der Waals surface area (Å²) in [4.78, 5) is 26.2. The van der Waals surface area contributed by atoms with Crippen LogP contribution >= 0.6 is 90.4 Å². The van der Waals surface area contributed by atoms with Gasteiger partial charge in [0.25, 0.3) is 0 Å². The van der Waals surface area contributed by atoms with E-state index in [1.807, 2.05) is 24.3 Å². The highest BCUT2D eigenvalue weighted by molar-refractivity contribution is 14.1. The van der Waals surface area contributed by atoms with Gasteiger partial charge in [-0.3, -0.25) is 0 Å². The van der Waals surface area contributed by atoms with Gasteiger partial charge in [0, 0.05) is 28.8 Å². The Labute approximate surface area is 328 Å². The van der Waals surface area contributed by atoms with Crippen molar-refractivity contribution in [2.24, 2.45) is 5.73 Å². The third-order valence-corrected chi connectivity index (χ3v) is 11.2. The van der Waals surface area contributed by atoms with Crippen LogP contribution in [0.3, 0.4) is 0 Å². The molecule has 2 atom stereocenters. The van der Waals surface area contributed by atoms with Gasteiger partial charge in [0.15, 0.2) is 11.4 Å². The van der Waals surface area contributed by atoms with E-state index >= 15 is 0 Å². The Bertz CT molecular complexity index is 2130. The number of rotatable bonds is 6. The molecule has 0 radical (unpaired) electrons. The Balaban J connectivity index is 1.12. The van der Waals surface area contributed by atoms with Crippen molar-refractivity contribution in [3.05, 3.63) is 127 Å². The quantitative estimate of drug-likeness (QED) is 0.0871. The fraction of sp³-hybridized carbons (Fsp3) is 0.0857. The number of benzene rings is 5. The normalized spacial score (nSPS) is 16.3. The van der Waals surface area contributed by atoms with Crippen LogP contribution in [0.15, 0.2) is 84.9 Å². The highest BCUT2D eigenvalue weighted by Crippen LogP contribution is 2.57. The Morgan fingerprint density at radius 3 is 2.15 bits per heavy atom. The zero-order valence-corrected chi connectivity index (χ0v) is 32.9. The first-order valence-electron chi connectivity index (χ1n) is 14.2. The second-order valence-electron chi connectivity index (χ2n) is 11.0. The van der Waals surface area contributed by atoms with Gasteiger partial charge in [0.05, 0.1) is 19.8 Å². The molecule has 0 saturated carbocycles. The Morgan fingerprint density at radius 1 is 0.792 bits per heavy atom. The minimum atomic E-state index is -1.31. The molecule has 1 spiro atoms. The van der Waals surface area contributed by atoms with Crippen molar-refractivity contribution in [2.75, 3.05) is 0 Å². The first-order valence-corrected chi connectivity index (χ1v) is 18.6. The van der Waals surface area contributed by atoms with Crippen molar-refractivity contribution >= 4 is 102 Å². The van der Waals surface area contributed by atoms with Crippen LogP contribution in [0.25, 0.3) is 0 Å². The van der Waals surface area contributed by atoms with Crippen LogP contribution in [0.2, 0.25) is 0 Å². The molecule has 1 unspecified atom stereocenters. The molecule has 242 valence electrons. The number of carbonyl (C=O) groups is 2. The molecule has 0 aliphatic carbocycles. The van der Waals surface area contributed by atoms with E-state index in [9.17, 15) is 19.8 Å². The van der Waals surface area contributed by atoms with Gasteiger partial charge in [-0.05, 0) is 157 Å². The van der Waals surface area contributed by atoms with E-state index < -0.39 is 23.6 Å². The number of nitrogens with two attached hydrogens (primary N) is 1. The van der Waals surface area contributed by atoms with Gasteiger partial charge in [-0.15, -0.1) is 0 Å². The predicted octanol–water partition coefficient (Wildman–Crippen LogP) is 8.35. The molecular weight excluding hydrogens is 1070 g/mol. The summed E-state index contributed by atoms with van der Waals surface area (Å²) >= 11 is 8.48. The summed E-state index contributed by atoms with van der Waals surface area (Å²) in [5.41, 5.74) is 8.03. The molecule has 7 rings (SSSR count). The lowest BCUT2D eigenvalue weighted by Crippen LogP contribution is -2.36. The monoisotopic (exact) mass is 1090 g/mol. The lowest BCUT2D eigenvalue weighted by Gasteiger charge is -2.36. The summed E-state index contributed by atoms with van der Waals surface area (Å²) in [6.07, 6.45) is 0.212. The standard InChI is InChI=1S/C35H21I4NO8/c36-24-13-19(14-25(37)31(24)42)45-32-26(38)9-16(10-27(32)39)11-28(40)34(44)46-18-6-8-23-30(15-18)47-29-12-17(41)5-7-22(29)35(23)21-4-2-1-3-20(21)33(43)48-35/h1-10,12-15,28,41-42H,11,40H2/t28-,35?/m0/s1. The van der Waals surface area contributed by atoms with Crippen LogP contribution in [0.4, 0.5) is 0 Å². The summed E-state index contributed by atoms with van der Waals surface area (Å²) in [6.45, 7) is 0. The first-order chi connectivity index (χ1) is 22.9. The van der Waals surface area contributed by atoms with E-state index in [0.717, 1.165) is 12.7 Å². The Hall–Kier alpha value is -2.88. The second-order valence-corrected chi connectivity index (χ2v) is 15.7. The van der Waals surface area contributed by atoms with Crippen LogP contribution in [0.1, 0.15) is 32.6 Å². The van der Waals surface area contributed by atoms with Gasteiger partial charge in [-0.25, -0.2) is 9.59 Å². The minimum Gasteiger partial charge on any atom is -0.508 e. The molecule has 9 nitrogen and oxygen atoms in total. The molecule has 4 N–H and O–H groups in total. The van der Waals surface area contributed by atoms with Crippen molar-refractivity contribution in [3.8, 4) is 40.2 Å². The number of carbonyl (C=O) groups excluding carboxylic acids is 2. The maximum absolute atomic E-state index is 13.2. The zero-order chi connectivity index (χ0) is 33.9. The number of hydrogen-bond acceptors (Lipinski definition) is 9. The topological polar surface area (TPSA) is 138 Å². The van der Waals surface area contributed by atoms with E-state index in [-0.39, 0.29) is 23.7 Å². The van der Waals surface area contributed by atoms with Crippen molar-refractivity contribution in [2.45, 2.75) is 18.1 Å². The molecule has 0 amide bonds. The molecule has 0 aromatic heterocycles. The summed E-state index contributed by atoms with van der Waals surface area (Å²) in [5.74, 6) is 1.12. The van der Waals surface area contributed by atoms with E-state index in [1.165, 1.54) is 12.1 Å². The molecule has 5 aromatic rings. The number of phenols is 2. The molecule has 13 heteroatoms. The van der Waals surface area contributed by atoms with Crippen LogP contribution in [-0.4, -0.2) is 28.2 Å². The summed E-state index contributed by atoms with van der Waals surface area (Å²) in [7, 11) is 0. The molecular formula is C35H21I4NO8. The smallest absolute Gasteiger partial charge is 0.340 e. The maximum atomic E-state index is 13.2. The molecule has 2 aliphatic heterocycles. The van der Waals surface area contributed by atoms with Crippen molar-refractivity contribution < 1.29 is 38.7 Å². The van der Waals surface area contributed by atoms with Gasteiger partial charge in [0.2, 0.25) is 0 Å². The number of ether oxygens (including phenoxy) is 4. The van der Waals surface area contributed by atoms with Crippen LogP contribution < -0.4 is 19.9 Å². The molecule has 0 bridgehead atoms. The molecule has 2 aliphatic rings.